The van der Waals surface area contributed by atoms with E-state index in [1.54, 1.807) is 6.07 Å². The highest BCUT2D eigenvalue weighted by Gasteiger charge is 2.31. The molecule has 1 aromatic rings. The highest BCUT2D eigenvalue weighted by atomic mass is 79.9. The van der Waals surface area contributed by atoms with E-state index < -0.39 is 11.7 Å². The van der Waals surface area contributed by atoms with Gasteiger partial charge >= 0.3 is 6.18 Å². The minimum atomic E-state index is -4.29. The molecule has 1 fully saturated rings. The van der Waals surface area contributed by atoms with Crippen molar-refractivity contribution in [2.24, 2.45) is 0 Å². The molecule has 0 amide bonds. The summed E-state index contributed by atoms with van der Waals surface area (Å²) < 4.78 is 38.2. The average molecular weight is 387 g/mol. The van der Waals surface area contributed by atoms with Gasteiger partial charge in [-0.1, -0.05) is 15.9 Å². The summed E-state index contributed by atoms with van der Waals surface area (Å²) in [6, 6.07) is 3.83. The average Bonchev–Trinajstić information content (AvgIpc) is 2.29. The molecule has 1 aliphatic heterocycles. The van der Waals surface area contributed by atoms with Crippen LogP contribution in [0.25, 0.3) is 0 Å². The van der Waals surface area contributed by atoms with Crippen molar-refractivity contribution in [1.29, 1.82) is 0 Å². The second-order valence-electron chi connectivity index (χ2n) is 4.33. The van der Waals surface area contributed by atoms with Gasteiger partial charge in [-0.15, -0.1) is 0 Å². The molecule has 0 unspecified atom stereocenters. The molecule has 0 bridgehead atoms. The van der Waals surface area contributed by atoms with Gasteiger partial charge in [0.05, 0.1) is 11.3 Å². The lowest BCUT2D eigenvalue weighted by Crippen LogP contribution is -2.34. The summed E-state index contributed by atoms with van der Waals surface area (Å²) in [5.74, 6) is 0. The van der Waals surface area contributed by atoms with E-state index in [1.807, 2.05) is 0 Å². The number of anilines is 1. The number of hydrogen-bond acceptors (Lipinski definition) is 1. The Balaban J connectivity index is 2.20. The Morgan fingerprint density at radius 2 is 1.78 bits per heavy atom. The first kappa shape index (κ1) is 14.2. The predicted octanol–water partition coefficient (Wildman–Crippen LogP) is 4.83. The van der Waals surface area contributed by atoms with Gasteiger partial charge in [-0.2, -0.15) is 13.2 Å². The maximum Gasteiger partial charge on any atom is 0.416 e. The van der Waals surface area contributed by atoms with Crippen molar-refractivity contribution in [1.82, 2.24) is 0 Å². The fourth-order valence-electron chi connectivity index (χ4n) is 2.03. The predicted molar refractivity (Wildman–Crippen MR) is 73.3 cm³/mol. The summed E-state index contributed by atoms with van der Waals surface area (Å²) in [5.41, 5.74) is 0.218. The maximum atomic E-state index is 12.6. The van der Waals surface area contributed by atoms with Gasteiger partial charge in [0.15, 0.2) is 0 Å². The molecule has 2 rings (SSSR count). The fraction of sp³-hybridized carbons (Fsp3) is 0.500. The van der Waals surface area contributed by atoms with E-state index in [2.05, 4.69) is 36.8 Å². The molecular formula is C12H12Br2F3N. The molecule has 0 aromatic heterocycles. The lowest BCUT2D eigenvalue weighted by atomic mass is 10.1. The van der Waals surface area contributed by atoms with Crippen molar-refractivity contribution in [3.8, 4) is 0 Å². The van der Waals surface area contributed by atoms with Gasteiger partial charge in [-0.05, 0) is 47.0 Å². The van der Waals surface area contributed by atoms with Crippen LogP contribution in [0.2, 0.25) is 0 Å². The largest absolute Gasteiger partial charge is 0.416 e. The van der Waals surface area contributed by atoms with Crippen molar-refractivity contribution < 1.29 is 13.2 Å². The van der Waals surface area contributed by atoms with Gasteiger partial charge in [-0.3, -0.25) is 0 Å². The molecule has 1 saturated heterocycles. The summed E-state index contributed by atoms with van der Waals surface area (Å²) in [6.07, 6.45) is -2.27. The Morgan fingerprint density at radius 3 is 2.28 bits per heavy atom. The maximum absolute atomic E-state index is 12.6. The number of hydrogen-bond donors (Lipinski definition) is 0. The molecule has 1 aromatic carbocycles. The Labute approximate surface area is 121 Å². The third kappa shape index (κ3) is 3.20. The third-order valence-electron chi connectivity index (χ3n) is 3.04. The molecule has 0 radical (unpaired) electrons. The number of piperidine rings is 1. The van der Waals surface area contributed by atoms with Gasteiger partial charge in [0.25, 0.3) is 0 Å². The van der Waals surface area contributed by atoms with Crippen LogP contribution < -0.4 is 4.90 Å². The van der Waals surface area contributed by atoms with Crippen LogP contribution in [0.5, 0.6) is 0 Å². The van der Waals surface area contributed by atoms with Crippen molar-refractivity contribution >= 4 is 37.5 Å². The molecule has 6 heteroatoms. The van der Waals surface area contributed by atoms with Crippen LogP contribution in [0, 0.1) is 0 Å². The normalized spacial score (nSPS) is 18.2. The lowest BCUT2D eigenvalue weighted by molar-refractivity contribution is -0.137. The van der Waals surface area contributed by atoms with Crippen molar-refractivity contribution in [2.75, 3.05) is 18.0 Å². The zero-order valence-corrected chi connectivity index (χ0v) is 12.6. The molecule has 0 spiro atoms. The number of rotatable bonds is 1. The molecule has 0 atom stereocenters. The van der Waals surface area contributed by atoms with Crippen molar-refractivity contribution in [3.05, 3.63) is 28.2 Å². The molecule has 0 aliphatic carbocycles. The van der Waals surface area contributed by atoms with Gasteiger partial charge < -0.3 is 4.90 Å². The van der Waals surface area contributed by atoms with E-state index in [0.29, 0.717) is 9.30 Å². The zero-order valence-electron chi connectivity index (χ0n) is 9.47. The van der Waals surface area contributed by atoms with Crippen molar-refractivity contribution in [2.45, 2.75) is 23.8 Å². The highest BCUT2D eigenvalue weighted by Crippen LogP contribution is 2.36. The van der Waals surface area contributed by atoms with Gasteiger partial charge in [-0.25, -0.2) is 0 Å². The summed E-state index contributed by atoms with van der Waals surface area (Å²) in [4.78, 5) is 2.63. The van der Waals surface area contributed by atoms with Gasteiger partial charge in [0, 0.05) is 22.4 Å². The molecule has 1 heterocycles. The molecule has 0 saturated carbocycles. The topological polar surface area (TPSA) is 3.24 Å². The van der Waals surface area contributed by atoms with Crippen molar-refractivity contribution in [3.63, 3.8) is 0 Å². The first-order chi connectivity index (χ1) is 8.38. The van der Waals surface area contributed by atoms with E-state index in [9.17, 15) is 13.2 Å². The Bertz CT molecular complexity index is 426. The van der Waals surface area contributed by atoms with Crippen LogP contribution in [-0.4, -0.2) is 17.9 Å². The molecule has 100 valence electrons. The summed E-state index contributed by atoms with van der Waals surface area (Å²) in [6.45, 7) is 1.72. The number of alkyl halides is 4. The number of halogens is 5. The lowest BCUT2D eigenvalue weighted by Gasteiger charge is -2.32. The zero-order chi connectivity index (χ0) is 13.3. The quantitative estimate of drug-likeness (QED) is 0.624. The Kier molecular flexibility index (Phi) is 4.26. The first-order valence-corrected chi connectivity index (χ1v) is 7.34. The Morgan fingerprint density at radius 1 is 1.17 bits per heavy atom. The highest BCUT2D eigenvalue weighted by molar-refractivity contribution is 9.10. The van der Waals surface area contributed by atoms with E-state index in [-0.39, 0.29) is 0 Å². The second-order valence-corrected chi connectivity index (χ2v) is 6.47. The SMILES string of the molecule is FC(F)(F)c1ccc(N2CCC(Br)CC2)c(Br)c1. The standard InChI is InChI=1S/C12H12Br2F3N/c13-9-3-5-18(6-4-9)11-2-1-8(7-10(11)14)12(15,16)17/h1-2,7,9H,3-6H2. The van der Waals surface area contributed by atoms with E-state index in [1.165, 1.54) is 0 Å². The summed E-state index contributed by atoms with van der Waals surface area (Å²) in [7, 11) is 0. The molecular weight excluding hydrogens is 375 g/mol. The first-order valence-electron chi connectivity index (χ1n) is 5.63. The minimum absolute atomic E-state index is 0.505. The Hall–Kier alpha value is -0.230. The number of benzene rings is 1. The van der Waals surface area contributed by atoms with Gasteiger partial charge in [0.2, 0.25) is 0 Å². The molecule has 0 N–H and O–H groups in total. The van der Waals surface area contributed by atoms with Crippen LogP contribution in [0.4, 0.5) is 18.9 Å². The second kappa shape index (κ2) is 5.41. The van der Waals surface area contributed by atoms with Crippen LogP contribution in [0.3, 0.4) is 0 Å². The fourth-order valence-corrected chi connectivity index (χ4v) is 3.07. The summed E-state index contributed by atoms with van der Waals surface area (Å²) >= 11 is 6.79. The third-order valence-corrected chi connectivity index (χ3v) is 4.59. The number of nitrogens with zero attached hydrogens (tertiary/aromatic N) is 1. The molecule has 1 nitrogen and oxygen atoms in total. The summed E-state index contributed by atoms with van der Waals surface area (Å²) in [5, 5.41) is 0. The van der Waals surface area contributed by atoms with Crippen LogP contribution in [-0.2, 0) is 6.18 Å². The van der Waals surface area contributed by atoms with E-state index in [4.69, 9.17) is 0 Å². The van der Waals surface area contributed by atoms with E-state index >= 15 is 0 Å². The smallest absolute Gasteiger partial charge is 0.371 e. The minimum Gasteiger partial charge on any atom is -0.371 e. The molecule has 18 heavy (non-hydrogen) atoms. The van der Waals surface area contributed by atoms with Crippen LogP contribution >= 0.6 is 31.9 Å². The van der Waals surface area contributed by atoms with Gasteiger partial charge in [0.1, 0.15) is 0 Å². The monoisotopic (exact) mass is 385 g/mol. The van der Waals surface area contributed by atoms with Crippen LogP contribution in [0.1, 0.15) is 18.4 Å². The van der Waals surface area contributed by atoms with E-state index in [0.717, 1.165) is 43.8 Å². The molecule has 1 aliphatic rings. The van der Waals surface area contributed by atoms with Crippen LogP contribution in [0.15, 0.2) is 22.7 Å².